The average Bonchev–Trinajstić information content (AvgIpc) is 2.38. The molecule has 0 fully saturated rings. The normalized spacial score (nSPS) is 11.2. The standard InChI is InChI=1S/C13H18N2O3/c1-10(14-17)11-4-6-12(7-5-11)18-9-8-13(16)15(2)3/h4-7,17H,8-9H2,1-3H3/b14-10+. The Morgan fingerprint density at radius 3 is 2.44 bits per heavy atom. The summed E-state index contributed by atoms with van der Waals surface area (Å²) >= 11 is 0. The molecule has 0 spiro atoms. The first-order valence-electron chi connectivity index (χ1n) is 5.66. The summed E-state index contributed by atoms with van der Waals surface area (Å²) in [7, 11) is 3.43. The lowest BCUT2D eigenvalue weighted by Crippen LogP contribution is -2.23. The van der Waals surface area contributed by atoms with Gasteiger partial charge in [-0.2, -0.15) is 0 Å². The minimum Gasteiger partial charge on any atom is -0.493 e. The van der Waals surface area contributed by atoms with Crippen LogP contribution in [0.25, 0.3) is 0 Å². The Balaban J connectivity index is 2.47. The van der Waals surface area contributed by atoms with Crippen LogP contribution in [0.5, 0.6) is 5.75 Å². The summed E-state index contributed by atoms with van der Waals surface area (Å²) in [5, 5.41) is 11.7. The molecule has 1 N–H and O–H groups in total. The maximum absolute atomic E-state index is 11.3. The lowest BCUT2D eigenvalue weighted by molar-refractivity contribution is -0.129. The van der Waals surface area contributed by atoms with Crippen LogP contribution in [0.3, 0.4) is 0 Å². The van der Waals surface area contributed by atoms with Crippen molar-refractivity contribution < 1.29 is 14.7 Å². The molecule has 0 unspecified atom stereocenters. The van der Waals surface area contributed by atoms with E-state index in [2.05, 4.69) is 5.16 Å². The van der Waals surface area contributed by atoms with Gasteiger partial charge in [0.2, 0.25) is 5.91 Å². The van der Waals surface area contributed by atoms with E-state index in [4.69, 9.17) is 9.94 Å². The Kier molecular flexibility index (Phi) is 5.17. The largest absolute Gasteiger partial charge is 0.493 e. The number of amides is 1. The Morgan fingerprint density at radius 1 is 1.33 bits per heavy atom. The van der Waals surface area contributed by atoms with Crippen LogP contribution < -0.4 is 4.74 Å². The van der Waals surface area contributed by atoms with E-state index in [0.29, 0.717) is 24.5 Å². The molecule has 0 bridgehead atoms. The third kappa shape index (κ3) is 4.08. The zero-order valence-electron chi connectivity index (χ0n) is 10.9. The third-order valence-corrected chi connectivity index (χ3v) is 2.51. The zero-order valence-corrected chi connectivity index (χ0v) is 10.9. The minimum absolute atomic E-state index is 0.0369. The van der Waals surface area contributed by atoms with Crippen molar-refractivity contribution in [1.82, 2.24) is 4.90 Å². The maximum atomic E-state index is 11.3. The summed E-state index contributed by atoms with van der Waals surface area (Å²) < 4.78 is 5.45. The molecular formula is C13H18N2O3. The number of carbonyl (C=O) groups is 1. The quantitative estimate of drug-likeness (QED) is 0.492. The second-order valence-corrected chi connectivity index (χ2v) is 4.10. The SMILES string of the molecule is C/C(=N\O)c1ccc(OCCC(=O)N(C)C)cc1. The molecule has 5 nitrogen and oxygen atoms in total. The van der Waals surface area contributed by atoms with E-state index in [0.717, 1.165) is 5.56 Å². The van der Waals surface area contributed by atoms with Gasteiger partial charge in [-0.05, 0) is 36.8 Å². The van der Waals surface area contributed by atoms with E-state index in [1.54, 1.807) is 45.3 Å². The fourth-order valence-electron chi connectivity index (χ4n) is 1.33. The first kappa shape index (κ1) is 14.0. The van der Waals surface area contributed by atoms with E-state index < -0.39 is 0 Å². The predicted molar refractivity (Wildman–Crippen MR) is 69.2 cm³/mol. The molecule has 0 aliphatic rings. The van der Waals surface area contributed by atoms with Crippen molar-refractivity contribution in [3.63, 3.8) is 0 Å². The van der Waals surface area contributed by atoms with Crippen LogP contribution in [-0.2, 0) is 4.79 Å². The lowest BCUT2D eigenvalue weighted by atomic mass is 10.1. The number of hydrogen-bond donors (Lipinski definition) is 1. The summed E-state index contributed by atoms with van der Waals surface area (Å²) in [6, 6.07) is 7.17. The van der Waals surface area contributed by atoms with E-state index in [1.807, 2.05) is 0 Å². The smallest absolute Gasteiger partial charge is 0.225 e. The van der Waals surface area contributed by atoms with Gasteiger partial charge in [-0.1, -0.05) is 5.16 Å². The third-order valence-electron chi connectivity index (χ3n) is 2.51. The maximum Gasteiger partial charge on any atom is 0.225 e. The predicted octanol–water partition coefficient (Wildman–Crippen LogP) is 1.74. The van der Waals surface area contributed by atoms with Crippen LogP contribution in [-0.4, -0.2) is 42.4 Å². The molecular weight excluding hydrogens is 232 g/mol. The number of hydrogen-bond acceptors (Lipinski definition) is 4. The molecule has 1 amide bonds. The summed E-state index contributed by atoms with van der Waals surface area (Å²) in [5.41, 5.74) is 1.37. The summed E-state index contributed by atoms with van der Waals surface area (Å²) in [6.07, 6.45) is 0.353. The van der Waals surface area contributed by atoms with Crippen LogP contribution in [0.15, 0.2) is 29.4 Å². The van der Waals surface area contributed by atoms with Crippen molar-refractivity contribution in [2.24, 2.45) is 5.16 Å². The fourth-order valence-corrected chi connectivity index (χ4v) is 1.33. The Hall–Kier alpha value is -2.04. The van der Waals surface area contributed by atoms with Crippen LogP contribution in [0.2, 0.25) is 0 Å². The van der Waals surface area contributed by atoms with Gasteiger partial charge >= 0.3 is 0 Å². The molecule has 0 aliphatic carbocycles. The molecule has 5 heteroatoms. The van der Waals surface area contributed by atoms with Crippen molar-refractivity contribution in [3.8, 4) is 5.75 Å². The molecule has 0 aromatic heterocycles. The summed E-state index contributed by atoms with van der Waals surface area (Å²) in [4.78, 5) is 12.9. The van der Waals surface area contributed by atoms with Gasteiger partial charge < -0.3 is 14.8 Å². The van der Waals surface area contributed by atoms with Gasteiger partial charge in [-0.15, -0.1) is 0 Å². The first-order chi connectivity index (χ1) is 8.54. The number of rotatable bonds is 5. The average molecular weight is 250 g/mol. The number of ether oxygens (including phenoxy) is 1. The monoisotopic (exact) mass is 250 g/mol. The topological polar surface area (TPSA) is 62.1 Å². The molecule has 1 rings (SSSR count). The van der Waals surface area contributed by atoms with Gasteiger partial charge in [0, 0.05) is 14.1 Å². The van der Waals surface area contributed by atoms with E-state index in [1.165, 1.54) is 4.90 Å². The molecule has 0 aliphatic heterocycles. The van der Waals surface area contributed by atoms with Crippen LogP contribution in [0.1, 0.15) is 18.9 Å². The molecule has 0 saturated carbocycles. The highest BCUT2D eigenvalue weighted by atomic mass is 16.5. The van der Waals surface area contributed by atoms with Crippen molar-refractivity contribution in [2.45, 2.75) is 13.3 Å². The molecule has 0 atom stereocenters. The second-order valence-electron chi connectivity index (χ2n) is 4.10. The Bertz CT molecular complexity index is 424. The lowest BCUT2D eigenvalue weighted by Gasteiger charge is -2.11. The molecule has 18 heavy (non-hydrogen) atoms. The van der Waals surface area contributed by atoms with E-state index >= 15 is 0 Å². The minimum atomic E-state index is 0.0369. The van der Waals surface area contributed by atoms with Crippen molar-refractivity contribution in [3.05, 3.63) is 29.8 Å². The fraction of sp³-hybridized carbons (Fsp3) is 0.385. The van der Waals surface area contributed by atoms with Crippen molar-refractivity contribution in [2.75, 3.05) is 20.7 Å². The Labute approximate surface area is 107 Å². The van der Waals surface area contributed by atoms with E-state index in [-0.39, 0.29) is 5.91 Å². The van der Waals surface area contributed by atoms with Gasteiger partial charge in [-0.25, -0.2) is 0 Å². The van der Waals surface area contributed by atoms with Gasteiger partial charge in [0.1, 0.15) is 5.75 Å². The number of oxime groups is 1. The number of carbonyl (C=O) groups excluding carboxylic acids is 1. The van der Waals surface area contributed by atoms with Crippen LogP contribution in [0, 0.1) is 0 Å². The highest BCUT2D eigenvalue weighted by Gasteiger charge is 2.04. The van der Waals surface area contributed by atoms with Gasteiger partial charge in [0.15, 0.2) is 0 Å². The highest BCUT2D eigenvalue weighted by molar-refractivity contribution is 5.98. The van der Waals surface area contributed by atoms with Gasteiger partial charge in [0.05, 0.1) is 18.7 Å². The van der Waals surface area contributed by atoms with Crippen molar-refractivity contribution >= 4 is 11.6 Å². The highest BCUT2D eigenvalue weighted by Crippen LogP contribution is 2.13. The first-order valence-corrected chi connectivity index (χ1v) is 5.66. The number of nitrogens with zero attached hydrogens (tertiary/aromatic N) is 2. The van der Waals surface area contributed by atoms with Crippen LogP contribution >= 0.6 is 0 Å². The van der Waals surface area contributed by atoms with Gasteiger partial charge in [-0.3, -0.25) is 4.79 Å². The van der Waals surface area contributed by atoms with Crippen LogP contribution in [0.4, 0.5) is 0 Å². The van der Waals surface area contributed by atoms with Gasteiger partial charge in [0.25, 0.3) is 0 Å². The Morgan fingerprint density at radius 2 is 1.94 bits per heavy atom. The summed E-state index contributed by atoms with van der Waals surface area (Å²) in [6.45, 7) is 2.06. The molecule has 0 radical (unpaired) electrons. The zero-order chi connectivity index (χ0) is 13.5. The van der Waals surface area contributed by atoms with Crippen molar-refractivity contribution in [1.29, 1.82) is 0 Å². The molecule has 1 aromatic rings. The molecule has 98 valence electrons. The van der Waals surface area contributed by atoms with E-state index in [9.17, 15) is 4.79 Å². The summed E-state index contributed by atoms with van der Waals surface area (Å²) in [5.74, 6) is 0.728. The molecule has 0 heterocycles. The molecule has 1 aromatic carbocycles. The molecule has 0 saturated heterocycles. The second kappa shape index (κ2) is 6.64. The number of benzene rings is 1.